The summed E-state index contributed by atoms with van der Waals surface area (Å²) in [6, 6.07) is 9.55. The van der Waals surface area contributed by atoms with Crippen LogP contribution in [0.1, 0.15) is 48.7 Å². The number of nitrogens with two attached hydrogens (primary N) is 1. The number of carbonyl (C=O) groups is 2. The van der Waals surface area contributed by atoms with Crippen molar-refractivity contribution in [2.75, 3.05) is 5.73 Å². The van der Waals surface area contributed by atoms with Gasteiger partial charge in [-0.2, -0.15) is 0 Å². The summed E-state index contributed by atoms with van der Waals surface area (Å²) in [7, 11) is 0. The van der Waals surface area contributed by atoms with Crippen LogP contribution in [0.2, 0.25) is 0 Å². The normalized spacial score (nSPS) is 12.9. The predicted octanol–water partition coefficient (Wildman–Crippen LogP) is 2.26. The lowest BCUT2D eigenvalue weighted by Crippen LogP contribution is -2.38. The third-order valence-corrected chi connectivity index (χ3v) is 3.71. The number of hydrogen-bond donors (Lipinski definition) is 2. The van der Waals surface area contributed by atoms with Crippen LogP contribution in [0.3, 0.4) is 0 Å². The van der Waals surface area contributed by atoms with E-state index in [1.807, 2.05) is 37.3 Å². The molecule has 0 fully saturated rings. The zero-order valence-electron chi connectivity index (χ0n) is 14.3. The Hall–Kier alpha value is -2.96. The third-order valence-electron chi connectivity index (χ3n) is 3.71. The van der Waals surface area contributed by atoms with Crippen molar-refractivity contribution in [2.24, 2.45) is 0 Å². The maximum atomic E-state index is 12.4. The molecule has 0 aliphatic rings. The SMILES string of the molecule is CCC[C@@H](NC(=O)[C@@H](C)OC(=O)c1cncnc1N)c1ccccc1. The molecule has 1 amide bonds. The highest BCUT2D eigenvalue weighted by atomic mass is 16.5. The average molecular weight is 342 g/mol. The molecule has 0 unspecified atom stereocenters. The Morgan fingerprint density at radius 3 is 2.64 bits per heavy atom. The van der Waals surface area contributed by atoms with Crippen LogP contribution in [0.5, 0.6) is 0 Å². The smallest absolute Gasteiger partial charge is 0.344 e. The van der Waals surface area contributed by atoms with E-state index in [1.54, 1.807) is 0 Å². The second-order valence-electron chi connectivity index (χ2n) is 5.63. The Bertz CT molecular complexity index is 721. The van der Waals surface area contributed by atoms with Crippen LogP contribution in [0.15, 0.2) is 42.9 Å². The number of amides is 1. The first kappa shape index (κ1) is 18.4. The summed E-state index contributed by atoms with van der Waals surface area (Å²) in [4.78, 5) is 32.0. The second kappa shape index (κ2) is 8.77. The maximum absolute atomic E-state index is 12.4. The molecular formula is C18H22N4O3. The lowest BCUT2D eigenvalue weighted by molar-refractivity contribution is -0.129. The molecule has 25 heavy (non-hydrogen) atoms. The molecule has 7 heteroatoms. The average Bonchev–Trinajstić information content (AvgIpc) is 2.62. The molecule has 0 radical (unpaired) electrons. The van der Waals surface area contributed by atoms with Gasteiger partial charge in [0.15, 0.2) is 6.10 Å². The van der Waals surface area contributed by atoms with Crippen molar-refractivity contribution in [1.29, 1.82) is 0 Å². The van der Waals surface area contributed by atoms with Crippen molar-refractivity contribution < 1.29 is 14.3 Å². The minimum absolute atomic E-state index is 0.0146. The number of benzene rings is 1. The predicted molar refractivity (Wildman–Crippen MR) is 93.6 cm³/mol. The molecule has 0 bridgehead atoms. The fraction of sp³-hybridized carbons (Fsp3) is 0.333. The van der Waals surface area contributed by atoms with Gasteiger partial charge in [-0.3, -0.25) is 4.79 Å². The maximum Gasteiger partial charge on any atom is 0.344 e. The molecule has 1 aromatic carbocycles. The molecule has 2 atom stereocenters. The first-order valence-corrected chi connectivity index (χ1v) is 8.14. The minimum Gasteiger partial charge on any atom is -0.449 e. The monoisotopic (exact) mass is 342 g/mol. The van der Waals surface area contributed by atoms with E-state index in [0.29, 0.717) is 0 Å². The van der Waals surface area contributed by atoms with Crippen molar-refractivity contribution in [1.82, 2.24) is 15.3 Å². The van der Waals surface area contributed by atoms with Gasteiger partial charge in [0.2, 0.25) is 0 Å². The van der Waals surface area contributed by atoms with Gasteiger partial charge in [0.1, 0.15) is 17.7 Å². The van der Waals surface area contributed by atoms with E-state index < -0.39 is 12.1 Å². The van der Waals surface area contributed by atoms with Gasteiger partial charge in [-0.1, -0.05) is 43.7 Å². The van der Waals surface area contributed by atoms with Gasteiger partial charge in [0.05, 0.1) is 6.04 Å². The Morgan fingerprint density at radius 1 is 1.28 bits per heavy atom. The van der Waals surface area contributed by atoms with E-state index >= 15 is 0 Å². The van der Waals surface area contributed by atoms with Crippen molar-refractivity contribution in [3.63, 3.8) is 0 Å². The number of carbonyl (C=O) groups excluding carboxylic acids is 2. The Morgan fingerprint density at radius 2 is 2.00 bits per heavy atom. The summed E-state index contributed by atoms with van der Waals surface area (Å²) in [5, 5.41) is 2.93. The van der Waals surface area contributed by atoms with Gasteiger partial charge in [-0.25, -0.2) is 14.8 Å². The fourth-order valence-electron chi connectivity index (χ4n) is 2.36. The van der Waals surface area contributed by atoms with Crippen molar-refractivity contribution in [2.45, 2.75) is 38.8 Å². The largest absolute Gasteiger partial charge is 0.449 e. The van der Waals surface area contributed by atoms with E-state index in [9.17, 15) is 9.59 Å². The van der Waals surface area contributed by atoms with E-state index in [2.05, 4.69) is 15.3 Å². The first-order valence-electron chi connectivity index (χ1n) is 8.14. The number of esters is 1. The summed E-state index contributed by atoms with van der Waals surface area (Å²) >= 11 is 0. The lowest BCUT2D eigenvalue weighted by atomic mass is 10.0. The van der Waals surface area contributed by atoms with Gasteiger partial charge in [-0.15, -0.1) is 0 Å². The van der Waals surface area contributed by atoms with Crippen LogP contribution in [0.25, 0.3) is 0 Å². The molecule has 2 aromatic rings. The number of ether oxygens (including phenoxy) is 1. The number of rotatable bonds is 7. The van der Waals surface area contributed by atoms with Crippen LogP contribution in [-0.4, -0.2) is 27.9 Å². The van der Waals surface area contributed by atoms with Gasteiger partial charge in [0.25, 0.3) is 5.91 Å². The molecule has 0 aliphatic heterocycles. The van der Waals surface area contributed by atoms with Gasteiger partial charge in [-0.05, 0) is 18.9 Å². The van der Waals surface area contributed by atoms with Crippen LogP contribution in [0.4, 0.5) is 5.82 Å². The van der Waals surface area contributed by atoms with Gasteiger partial charge >= 0.3 is 5.97 Å². The number of nitrogens with one attached hydrogen (secondary N) is 1. The van der Waals surface area contributed by atoms with Crippen molar-refractivity contribution in [3.8, 4) is 0 Å². The molecule has 0 saturated carbocycles. The topological polar surface area (TPSA) is 107 Å². The van der Waals surface area contributed by atoms with Crippen LogP contribution in [-0.2, 0) is 9.53 Å². The summed E-state index contributed by atoms with van der Waals surface area (Å²) in [6.45, 7) is 3.56. The fourth-order valence-corrected chi connectivity index (χ4v) is 2.36. The minimum atomic E-state index is -0.963. The zero-order chi connectivity index (χ0) is 18.2. The number of anilines is 1. The van der Waals surface area contributed by atoms with Crippen LogP contribution in [0, 0.1) is 0 Å². The third kappa shape index (κ3) is 5.00. The van der Waals surface area contributed by atoms with E-state index in [-0.39, 0.29) is 23.3 Å². The summed E-state index contributed by atoms with van der Waals surface area (Å²) in [5.74, 6) is -1.08. The van der Waals surface area contributed by atoms with Crippen LogP contribution >= 0.6 is 0 Å². The summed E-state index contributed by atoms with van der Waals surface area (Å²) < 4.78 is 5.18. The molecule has 1 aromatic heterocycles. The Kier molecular flexibility index (Phi) is 6.45. The first-order chi connectivity index (χ1) is 12.0. The molecule has 2 rings (SSSR count). The highest BCUT2D eigenvalue weighted by Gasteiger charge is 2.23. The number of hydrogen-bond acceptors (Lipinski definition) is 6. The van der Waals surface area contributed by atoms with Crippen LogP contribution < -0.4 is 11.1 Å². The van der Waals surface area contributed by atoms with Gasteiger partial charge in [0, 0.05) is 6.20 Å². The van der Waals surface area contributed by atoms with E-state index in [0.717, 1.165) is 18.4 Å². The Balaban J connectivity index is 2.01. The quantitative estimate of drug-likeness (QED) is 0.747. The standard InChI is InChI=1S/C18H22N4O3/c1-3-7-15(13-8-5-4-6-9-13)22-17(23)12(2)25-18(24)14-10-20-11-21-16(14)19/h4-6,8-12,15H,3,7H2,1-2H3,(H,22,23)(H2,19,20,21)/t12-,15-/m1/s1. The summed E-state index contributed by atoms with van der Waals surface area (Å²) in [5.41, 5.74) is 6.67. The molecule has 0 spiro atoms. The molecule has 1 heterocycles. The summed E-state index contributed by atoms with van der Waals surface area (Å²) in [6.07, 6.45) is 3.23. The highest BCUT2D eigenvalue weighted by molar-refractivity contribution is 5.95. The molecule has 0 saturated heterocycles. The molecular weight excluding hydrogens is 320 g/mol. The number of nitrogens with zero attached hydrogens (tertiary/aromatic N) is 2. The number of aromatic nitrogens is 2. The molecule has 132 valence electrons. The molecule has 0 aliphatic carbocycles. The van der Waals surface area contributed by atoms with E-state index in [1.165, 1.54) is 19.4 Å². The lowest BCUT2D eigenvalue weighted by Gasteiger charge is -2.21. The zero-order valence-corrected chi connectivity index (χ0v) is 14.3. The van der Waals surface area contributed by atoms with Crippen molar-refractivity contribution >= 4 is 17.7 Å². The Labute approximate surface area is 146 Å². The molecule has 3 N–H and O–H groups in total. The van der Waals surface area contributed by atoms with Crippen molar-refractivity contribution in [3.05, 3.63) is 54.0 Å². The van der Waals surface area contributed by atoms with E-state index in [4.69, 9.17) is 10.5 Å². The highest BCUT2D eigenvalue weighted by Crippen LogP contribution is 2.18. The molecule has 7 nitrogen and oxygen atoms in total. The number of nitrogen functional groups attached to an aromatic ring is 1. The van der Waals surface area contributed by atoms with Gasteiger partial charge < -0.3 is 15.8 Å². The second-order valence-corrected chi connectivity index (χ2v) is 5.63.